The molecule has 0 spiro atoms. The van der Waals surface area contributed by atoms with E-state index in [1.807, 2.05) is 13.8 Å². The van der Waals surface area contributed by atoms with Crippen molar-refractivity contribution >= 4 is 5.97 Å². The van der Waals surface area contributed by atoms with Gasteiger partial charge in [-0.1, -0.05) is 46.0 Å². The van der Waals surface area contributed by atoms with Crippen molar-refractivity contribution < 1.29 is 9.53 Å². The van der Waals surface area contributed by atoms with Crippen LogP contribution in [0, 0.1) is 11.3 Å². The number of unbranched alkanes of at least 4 members (excludes halogenated alkanes) is 4. The molecule has 0 aromatic carbocycles. The van der Waals surface area contributed by atoms with Crippen LogP contribution in [0.1, 0.15) is 66.2 Å². The Hall–Kier alpha value is -0.530. The van der Waals surface area contributed by atoms with Gasteiger partial charge in [0.15, 0.2) is 0 Å². The molecule has 0 bridgehead atoms. The standard InChI is InChI=1S/C14H28O2/c1-6-7-8-9-10-11-12(2)14(3,4)13(15)16-5/h12H,6-11H2,1-5H3. The fraction of sp³-hybridized carbons (Fsp3) is 0.929. The van der Waals surface area contributed by atoms with Crippen molar-refractivity contribution in [3.05, 3.63) is 0 Å². The Morgan fingerprint density at radius 3 is 2.25 bits per heavy atom. The molecule has 0 rings (SSSR count). The predicted molar refractivity (Wildman–Crippen MR) is 68.3 cm³/mol. The van der Waals surface area contributed by atoms with Gasteiger partial charge in [-0.2, -0.15) is 0 Å². The maximum Gasteiger partial charge on any atom is 0.311 e. The molecule has 0 aliphatic heterocycles. The first-order valence-electron chi connectivity index (χ1n) is 6.55. The van der Waals surface area contributed by atoms with Gasteiger partial charge in [0, 0.05) is 0 Å². The molecule has 0 aliphatic carbocycles. The van der Waals surface area contributed by atoms with Crippen molar-refractivity contribution in [2.24, 2.45) is 11.3 Å². The van der Waals surface area contributed by atoms with Gasteiger partial charge in [-0.15, -0.1) is 0 Å². The van der Waals surface area contributed by atoms with E-state index in [9.17, 15) is 4.79 Å². The van der Waals surface area contributed by atoms with Crippen LogP contribution in [0.5, 0.6) is 0 Å². The number of carbonyl (C=O) groups excluding carboxylic acids is 1. The summed E-state index contributed by atoms with van der Waals surface area (Å²) in [4.78, 5) is 11.6. The van der Waals surface area contributed by atoms with Crippen LogP contribution in [0.2, 0.25) is 0 Å². The Kier molecular flexibility index (Phi) is 7.44. The minimum absolute atomic E-state index is 0.0893. The highest BCUT2D eigenvalue weighted by Gasteiger charge is 2.34. The molecule has 0 aliphatic rings. The fourth-order valence-electron chi connectivity index (χ4n) is 1.88. The van der Waals surface area contributed by atoms with Crippen molar-refractivity contribution in [2.75, 3.05) is 7.11 Å². The monoisotopic (exact) mass is 228 g/mol. The molecule has 0 saturated heterocycles. The lowest BCUT2D eigenvalue weighted by Crippen LogP contribution is -2.32. The Bertz CT molecular complexity index is 197. The molecule has 2 nitrogen and oxygen atoms in total. The molecule has 0 amide bonds. The van der Waals surface area contributed by atoms with Crippen molar-refractivity contribution in [1.29, 1.82) is 0 Å². The van der Waals surface area contributed by atoms with Crippen LogP contribution in [-0.2, 0) is 9.53 Å². The lowest BCUT2D eigenvalue weighted by molar-refractivity contribution is -0.153. The number of carbonyl (C=O) groups is 1. The molecule has 2 heteroatoms. The number of hydrogen-bond acceptors (Lipinski definition) is 2. The smallest absolute Gasteiger partial charge is 0.311 e. The van der Waals surface area contributed by atoms with Crippen LogP contribution >= 0.6 is 0 Å². The summed E-state index contributed by atoms with van der Waals surface area (Å²) >= 11 is 0. The van der Waals surface area contributed by atoms with Crippen LogP contribution in [0.4, 0.5) is 0 Å². The predicted octanol–water partition coefficient (Wildman–Crippen LogP) is 4.18. The van der Waals surface area contributed by atoms with Crippen LogP contribution in [-0.4, -0.2) is 13.1 Å². The minimum Gasteiger partial charge on any atom is -0.469 e. The van der Waals surface area contributed by atoms with E-state index in [4.69, 9.17) is 4.74 Å². The summed E-state index contributed by atoms with van der Waals surface area (Å²) in [5.74, 6) is 0.301. The Morgan fingerprint density at radius 2 is 1.75 bits per heavy atom. The summed E-state index contributed by atoms with van der Waals surface area (Å²) in [6.45, 7) is 8.34. The van der Waals surface area contributed by atoms with Crippen molar-refractivity contribution in [2.45, 2.75) is 66.2 Å². The van der Waals surface area contributed by atoms with Crippen LogP contribution in [0.25, 0.3) is 0 Å². The normalized spacial score (nSPS) is 13.6. The number of esters is 1. The highest BCUT2D eigenvalue weighted by Crippen LogP contribution is 2.31. The van der Waals surface area contributed by atoms with E-state index in [1.54, 1.807) is 0 Å². The van der Waals surface area contributed by atoms with Crippen LogP contribution in [0.3, 0.4) is 0 Å². The maximum absolute atomic E-state index is 11.6. The van der Waals surface area contributed by atoms with E-state index >= 15 is 0 Å². The molecule has 0 saturated carbocycles. The lowest BCUT2D eigenvalue weighted by Gasteiger charge is -2.28. The van der Waals surface area contributed by atoms with Crippen LogP contribution < -0.4 is 0 Å². The van der Waals surface area contributed by atoms with Gasteiger partial charge in [-0.3, -0.25) is 4.79 Å². The Labute approximate surface area is 101 Å². The average molecular weight is 228 g/mol. The molecule has 0 aromatic heterocycles. The van der Waals surface area contributed by atoms with E-state index < -0.39 is 0 Å². The second-order valence-corrected chi connectivity index (χ2v) is 5.32. The molecule has 0 radical (unpaired) electrons. The molecule has 96 valence electrons. The highest BCUT2D eigenvalue weighted by molar-refractivity contribution is 5.76. The van der Waals surface area contributed by atoms with Gasteiger partial charge >= 0.3 is 5.97 Å². The van der Waals surface area contributed by atoms with E-state index in [0.717, 1.165) is 6.42 Å². The molecule has 0 N–H and O–H groups in total. The summed E-state index contributed by atoms with van der Waals surface area (Å²) in [5, 5.41) is 0. The number of methoxy groups -OCH3 is 1. The second kappa shape index (κ2) is 7.70. The maximum atomic E-state index is 11.6. The van der Waals surface area contributed by atoms with Crippen molar-refractivity contribution in [3.8, 4) is 0 Å². The van der Waals surface area contributed by atoms with E-state index in [0.29, 0.717) is 5.92 Å². The first-order chi connectivity index (χ1) is 7.46. The first-order valence-corrected chi connectivity index (χ1v) is 6.55. The van der Waals surface area contributed by atoms with Gasteiger partial charge in [-0.25, -0.2) is 0 Å². The zero-order valence-electron chi connectivity index (χ0n) is 11.6. The number of hydrogen-bond donors (Lipinski definition) is 0. The van der Waals surface area contributed by atoms with Gasteiger partial charge in [0.05, 0.1) is 12.5 Å². The number of ether oxygens (including phenoxy) is 1. The van der Waals surface area contributed by atoms with Gasteiger partial charge < -0.3 is 4.74 Å². The van der Waals surface area contributed by atoms with Gasteiger partial charge in [0.2, 0.25) is 0 Å². The topological polar surface area (TPSA) is 26.3 Å². The molecular formula is C14H28O2. The number of rotatable bonds is 8. The molecule has 16 heavy (non-hydrogen) atoms. The summed E-state index contributed by atoms with van der Waals surface area (Å²) in [6.07, 6.45) is 7.56. The second-order valence-electron chi connectivity index (χ2n) is 5.32. The Balaban J connectivity index is 3.86. The molecule has 0 fully saturated rings. The zero-order valence-corrected chi connectivity index (χ0v) is 11.6. The SMILES string of the molecule is CCCCCCCC(C)C(C)(C)C(=O)OC. The van der Waals surface area contributed by atoms with E-state index in [1.165, 1.54) is 39.2 Å². The average Bonchev–Trinajstić information content (AvgIpc) is 2.27. The molecular weight excluding hydrogens is 200 g/mol. The highest BCUT2D eigenvalue weighted by atomic mass is 16.5. The quantitative estimate of drug-likeness (QED) is 0.460. The van der Waals surface area contributed by atoms with E-state index in [-0.39, 0.29) is 11.4 Å². The third-order valence-electron chi connectivity index (χ3n) is 3.68. The summed E-state index contributed by atoms with van der Waals surface area (Å²) < 4.78 is 4.84. The largest absolute Gasteiger partial charge is 0.469 e. The summed E-state index contributed by atoms with van der Waals surface area (Å²) in [6, 6.07) is 0. The summed E-state index contributed by atoms with van der Waals surface area (Å²) in [5.41, 5.74) is -0.348. The van der Waals surface area contributed by atoms with E-state index in [2.05, 4.69) is 13.8 Å². The van der Waals surface area contributed by atoms with Crippen LogP contribution in [0.15, 0.2) is 0 Å². The van der Waals surface area contributed by atoms with Gasteiger partial charge in [0.1, 0.15) is 0 Å². The molecule has 1 unspecified atom stereocenters. The summed E-state index contributed by atoms with van der Waals surface area (Å²) in [7, 11) is 1.47. The fourth-order valence-corrected chi connectivity index (χ4v) is 1.88. The van der Waals surface area contributed by atoms with Gasteiger partial charge in [0.25, 0.3) is 0 Å². The lowest BCUT2D eigenvalue weighted by atomic mass is 9.77. The van der Waals surface area contributed by atoms with Gasteiger partial charge in [-0.05, 0) is 26.2 Å². The molecule has 0 heterocycles. The minimum atomic E-state index is -0.348. The third kappa shape index (κ3) is 5.00. The Morgan fingerprint density at radius 1 is 1.19 bits per heavy atom. The third-order valence-corrected chi connectivity index (χ3v) is 3.68. The van der Waals surface area contributed by atoms with Crippen molar-refractivity contribution in [1.82, 2.24) is 0 Å². The van der Waals surface area contributed by atoms with Crippen molar-refractivity contribution in [3.63, 3.8) is 0 Å². The first kappa shape index (κ1) is 15.5. The zero-order chi connectivity index (χ0) is 12.6. The molecule has 1 atom stereocenters. The molecule has 0 aromatic rings.